The molecule has 2 N–H and O–H groups in total. The topological polar surface area (TPSA) is 42.5 Å². The first kappa shape index (κ1) is 18.0. The Morgan fingerprint density at radius 3 is 2.73 bits per heavy atom. The van der Waals surface area contributed by atoms with Crippen LogP contribution >= 0.6 is 0 Å². The lowest BCUT2D eigenvalue weighted by atomic mass is 10.0. The largest absolute Gasteiger partial charge is 0.396 e. The molecule has 4 nitrogen and oxygen atoms in total. The molecule has 1 aromatic heterocycles. The first-order valence-corrected chi connectivity index (χ1v) is 10.3. The second kappa shape index (κ2) is 7.71. The summed E-state index contributed by atoms with van der Waals surface area (Å²) in [5, 5.41) is 10.9. The van der Waals surface area contributed by atoms with Crippen molar-refractivity contribution in [1.82, 2.24) is 14.8 Å². The molecule has 4 heteroatoms. The summed E-state index contributed by atoms with van der Waals surface area (Å²) in [6.45, 7) is 9.04. The molecule has 4 rings (SSSR count). The molecule has 2 fully saturated rings. The van der Waals surface area contributed by atoms with Crippen molar-refractivity contribution in [2.75, 3.05) is 26.2 Å². The van der Waals surface area contributed by atoms with Crippen molar-refractivity contribution in [2.24, 2.45) is 0 Å². The number of fused-ring (bicyclic) bond motifs is 1. The quantitative estimate of drug-likeness (QED) is 0.861. The number of H-pyrrole nitrogens is 1. The van der Waals surface area contributed by atoms with Gasteiger partial charge in [-0.1, -0.05) is 24.5 Å². The molecule has 0 unspecified atom stereocenters. The molecule has 2 aromatic rings. The van der Waals surface area contributed by atoms with Gasteiger partial charge in [0.1, 0.15) is 0 Å². The Balaban J connectivity index is 1.48. The Labute approximate surface area is 157 Å². The summed E-state index contributed by atoms with van der Waals surface area (Å²) in [5.74, 6) is 0. The predicted molar refractivity (Wildman–Crippen MR) is 108 cm³/mol. The second-order valence-electron chi connectivity index (χ2n) is 8.35. The highest BCUT2D eigenvalue weighted by Crippen LogP contribution is 2.29. The molecule has 1 saturated heterocycles. The van der Waals surface area contributed by atoms with Crippen LogP contribution in [0.2, 0.25) is 0 Å². The summed E-state index contributed by atoms with van der Waals surface area (Å²) in [4.78, 5) is 8.94. The molecule has 1 aliphatic carbocycles. The number of benzene rings is 1. The number of nitrogens with one attached hydrogen (secondary N) is 1. The van der Waals surface area contributed by atoms with Crippen LogP contribution in [0.15, 0.2) is 18.2 Å². The minimum atomic E-state index is 0.298. The Kier molecular flexibility index (Phi) is 5.35. The number of hydrogen-bond donors (Lipinski definition) is 2. The zero-order chi connectivity index (χ0) is 18.1. The van der Waals surface area contributed by atoms with Crippen LogP contribution in [0.3, 0.4) is 0 Å². The van der Waals surface area contributed by atoms with E-state index in [9.17, 15) is 5.11 Å². The zero-order valence-electron chi connectivity index (χ0n) is 16.3. The van der Waals surface area contributed by atoms with E-state index in [0.29, 0.717) is 12.6 Å². The highest BCUT2D eigenvalue weighted by molar-refractivity contribution is 5.85. The maximum Gasteiger partial charge on any atom is 0.0459 e. The average Bonchev–Trinajstić information content (AvgIpc) is 3.26. The lowest BCUT2D eigenvalue weighted by Gasteiger charge is -2.44. The van der Waals surface area contributed by atoms with Gasteiger partial charge in [-0.3, -0.25) is 9.80 Å². The number of aliphatic hydroxyl groups is 1. The molecule has 1 saturated carbocycles. The van der Waals surface area contributed by atoms with Crippen LogP contribution in [0.5, 0.6) is 0 Å². The summed E-state index contributed by atoms with van der Waals surface area (Å²) in [6, 6.07) is 7.93. The second-order valence-corrected chi connectivity index (χ2v) is 8.35. The summed E-state index contributed by atoms with van der Waals surface area (Å²) < 4.78 is 0. The van der Waals surface area contributed by atoms with Gasteiger partial charge in [0.05, 0.1) is 0 Å². The number of hydrogen-bond acceptors (Lipinski definition) is 3. The fourth-order valence-electron chi connectivity index (χ4n) is 5.08. The van der Waals surface area contributed by atoms with E-state index < -0.39 is 0 Å². The monoisotopic (exact) mass is 355 g/mol. The van der Waals surface area contributed by atoms with Crippen molar-refractivity contribution < 1.29 is 5.11 Å². The van der Waals surface area contributed by atoms with E-state index in [4.69, 9.17) is 0 Å². The van der Waals surface area contributed by atoms with Crippen LogP contribution in [0, 0.1) is 13.8 Å². The third kappa shape index (κ3) is 3.55. The molecule has 1 aliphatic heterocycles. The van der Waals surface area contributed by atoms with E-state index in [1.807, 2.05) is 0 Å². The summed E-state index contributed by atoms with van der Waals surface area (Å²) in [5.41, 5.74) is 5.31. The molecule has 0 bridgehead atoms. The molecule has 2 heterocycles. The van der Waals surface area contributed by atoms with Crippen molar-refractivity contribution in [1.29, 1.82) is 0 Å². The smallest absolute Gasteiger partial charge is 0.0459 e. The Hall–Kier alpha value is -1.36. The van der Waals surface area contributed by atoms with Gasteiger partial charge in [-0.2, -0.15) is 0 Å². The van der Waals surface area contributed by atoms with E-state index >= 15 is 0 Å². The number of rotatable bonds is 5. The minimum Gasteiger partial charge on any atom is -0.396 e. The number of aromatic amines is 1. The van der Waals surface area contributed by atoms with Crippen LogP contribution in [0.1, 0.15) is 48.9 Å². The lowest BCUT2D eigenvalue weighted by Crippen LogP contribution is -2.56. The zero-order valence-corrected chi connectivity index (χ0v) is 16.3. The van der Waals surface area contributed by atoms with Gasteiger partial charge in [0.25, 0.3) is 0 Å². The van der Waals surface area contributed by atoms with E-state index in [2.05, 4.69) is 46.8 Å². The standard InChI is InChI=1S/C22H33N3O/c1-16-7-8-21-20(13-16)17(2)22(23-21)15-24-10-11-25(18-5-3-4-6-18)19(14-24)9-12-26/h7-8,13,18-19,23,26H,3-6,9-12,14-15H2,1-2H3/t19-/m0/s1. The maximum atomic E-state index is 9.57. The molecule has 2 aliphatic rings. The summed E-state index contributed by atoms with van der Waals surface area (Å²) in [6.07, 6.45) is 6.36. The molecule has 1 atom stereocenters. The molecule has 0 radical (unpaired) electrons. The molecular formula is C22H33N3O. The van der Waals surface area contributed by atoms with Crippen molar-refractivity contribution in [2.45, 2.75) is 64.6 Å². The fraction of sp³-hybridized carbons (Fsp3) is 0.636. The van der Waals surface area contributed by atoms with Gasteiger partial charge in [-0.15, -0.1) is 0 Å². The van der Waals surface area contributed by atoms with Crippen LogP contribution in [0.25, 0.3) is 10.9 Å². The normalized spacial score (nSPS) is 23.3. The minimum absolute atomic E-state index is 0.298. The summed E-state index contributed by atoms with van der Waals surface area (Å²) >= 11 is 0. The predicted octanol–water partition coefficient (Wildman–Crippen LogP) is 3.60. The van der Waals surface area contributed by atoms with Crippen LogP contribution < -0.4 is 0 Å². The van der Waals surface area contributed by atoms with Gasteiger partial charge < -0.3 is 10.1 Å². The van der Waals surface area contributed by atoms with Crippen molar-refractivity contribution in [3.8, 4) is 0 Å². The van der Waals surface area contributed by atoms with E-state index in [1.54, 1.807) is 0 Å². The molecule has 142 valence electrons. The third-order valence-corrected chi connectivity index (χ3v) is 6.57. The van der Waals surface area contributed by atoms with Crippen molar-refractivity contribution in [3.05, 3.63) is 35.0 Å². The first-order valence-electron chi connectivity index (χ1n) is 10.3. The van der Waals surface area contributed by atoms with Crippen LogP contribution in [0.4, 0.5) is 0 Å². The van der Waals surface area contributed by atoms with Crippen LogP contribution in [-0.2, 0) is 6.54 Å². The van der Waals surface area contributed by atoms with Crippen molar-refractivity contribution >= 4 is 10.9 Å². The van der Waals surface area contributed by atoms with Gasteiger partial charge in [-0.25, -0.2) is 0 Å². The number of aliphatic hydroxyl groups excluding tert-OH is 1. The first-order chi connectivity index (χ1) is 12.7. The molecule has 26 heavy (non-hydrogen) atoms. The number of nitrogens with zero attached hydrogens (tertiary/aromatic N) is 2. The molecule has 0 amide bonds. The summed E-state index contributed by atoms with van der Waals surface area (Å²) in [7, 11) is 0. The van der Waals surface area contributed by atoms with Gasteiger partial charge in [-0.05, 0) is 50.8 Å². The van der Waals surface area contributed by atoms with E-state index in [-0.39, 0.29) is 0 Å². The van der Waals surface area contributed by atoms with Gasteiger partial charge in [0.2, 0.25) is 0 Å². The van der Waals surface area contributed by atoms with Gasteiger partial charge in [0.15, 0.2) is 0 Å². The van der Waals surface area contributed by atoms with Crippen molar-refractivity contribution in [3.63, 3.8) is 0 Å². The molecule has 0 spiro atoms. The SMILES string of the molecule is Cc1ccc2[nH]c(CN3CCN(C4CCCC4)[C@@H](CCO)C3)c(C)c2c1. The number of piperazine rings is 1. The third-order valence-electron chi connectivity index (χ3n) is 6.57. The number of aromatic nitrogens is 1. The average molecular weight is 356 g/mol. The van der Waals surface area contributed by atoms with E-state index in [0.717, 1.165) is 38.6 Å². The highest BCUT2D eigenvalue weighted by Gasteiger charge is 2.33. The number of aryl methyl sites for hydroxylation is 2. The Morgan fingerprint density at radius 1 is 1.15 bits per heavy atom. The highest BCUT2D eigenvalue weighted by atomic mass is 16.3. The fourth-order valence-corrected chi connectivity index (χ4v) is 5.08. The maximum absolute atomic E-state index is 9.57. The molecule has 1 aromatic carbocycles. The Bertz CT molecular complexity index is 747. The van der Waals surface area contributed by atoms with E-state index in [1.165, 1.54) is 53.4 Å². The lowest BCUT2D eigenvalue weighted by molar-refractivity contribution is 0.0263. The molecular weight excluding hydrogens is 322 g/mol. The van der Waals surface area contributed by atoms with Gasteiger partial charge >= 0.3 is 0 Å². The Morgan fingerprint density at radius 2 is 1.96 bits per heavy atom. The van der Waals surface area contributed by atoms with Crippen LogP contribution in [-0.4, -0.2) is 58.2 Å². The van der Waals surface area contributed by atoms with Gasteiger partial charge in [0, 0.05) is 61.5 Å².